The Morgan fingerprint density at radius 2 is 1.93 bits per heavy atom. The third-order valence-electron chi connectivity index (χ3n) is 5.89. The summed E-state index contributed by atoms with van der Waals surface area (Å²) in [7, 11) is 1.59. The predicted octanol–water partition coefficient (Wildman–Crippen LogP) is 2.22. The minimum Gasteiger partial charge on any atom is -0.480 e. The third-order valence-corrected chi connectivity index (χ3v) is 5.89. The molecule has 0 aromatic carbocycles. The molecule has 11 heteroatoms. The van der Waals surface area contributed by atoms with E-state index in [4.69, 9.17) is 4.74 Å². The fraction of sp³-hybridized carbons (Fsp3) is 0.526. The average molecular weight is 416 g/mol. The van der Waals surface area contributed by atoms with Crippen LogP contribution in [0, 0.1) is 11.8 Å². The van der Waals surface area contributed by atoms with Crippen LogP contribution in [0.2, 0.25) is 0 Å². The van der Waals surface area contributed by atoms with Gasteiger partial charge >= 0.3 is 0 Å². The maximum absolute atomic E-state index is 12.7. The van der Waals surface area contributed by atoms with Gasteiger partial charge in [0.05, 0.1) is 31.9 Å². The van der Waals surface area contributed by atoms with Crippen molar-refractivity contribution >= 4 is 22.8 Å². The Morgan fingerprint density at radius 1 is 1.13 bits per heavy atom. The molecule has 2 aliphatic rings. The number of nitrogens with zero attached hydrogens (tertiary/aromatic N) is 7. The van der Waals surface area contributed by atoms with Gasteiger partial charge in [0.25, 0.3) is 6.43 Å². The van der Waals surface area contributed by atoms with Crippen molar-refractivity contribution in [2.24, 2.45) is 11.8 Å². The highest BCUT2D eigenvalue weighted by Gasteiger charge is 2.41. The lowest BCUT2D eigenvalue weighted by atomic mass is 10.0. The molecule has 3 aromatic rings. The lowest BCUT2D eigenvalue weighted by Gasteiger charge is -2.20. The third kappa shape index (κ3) is 3.59. The number of anilines is 2. The van der Waals surface area contributed by atoms with E-state index in [0.717, 1.165) is 31.7 Å². The van der Waals surface area contributed by atoms with Gasteiger partial charge in [-0.1, -0.05) is 0 Å². The van der Waals surface area contributed by atoms with E-state index in [1.165, 1.54) is 10.9 Å². The van der Waals surface area contributed by atoms with Gasteiger partial charge in [-0.05, 0) is 24.7 Å². The van der Waals surface area contributed by atoms with Gasteiger partial charge in [0.2, 0.25) is 5.88 Å². The molecule has 2 atom stereocenters. The monoisotopic (exact) mass is 416 g/mol. The molecule has 0 spiro atoms. The van der Waals surface area contributed by atoms with Gasteiger partial charge in [0.15, 0.2) is 11.5 Å². The van der Waals surface area contributed by atoms with Crippen LogP contribution in [-0.2, 0) is 6.54 Å². The molecule has 2 unspecified atom stereocenters. The second-order valence-corrected chi connectivity index (χ2v) is 7.84. The van der Waals surface area contributed by atoms with E-state index in [9.17, 15) is 8.78 Å². The van der Waals surface area contributed by atoms with E-state index in [-0.39, 0.29) is 6.04 Å². The number of halogens is 2. The van der Waals surface area contributed by atoms with Gasteiger partial charge in [-0.15, -0.1) is 0 Å². The molecule has 1 saturated heterocycles. The molecule has 0 amide bonds. The van der Waals surface area contributed by atoms with Crippen LogP contribution in [-0.4, -0.2) is 62.4 Å². The van der Waals surface area contributed by atoms with Crippen molar-refractivity contribution in [3.63, 3.8) is 0 Å². The van der Waals surface area contributed by atoms with Crippen LogP contribution >= 0.6 is 0 Å². The van der Waals surface area contributed by atoms with E-state index in [0.29, 0.717) is 34.7 Å². The second-order valence-electron chi connectivity index (χ2n) is 7.84. The standard InChI is InChI=1S/C19H22F2N8O/c1-30-18-7-22-6-17(27-18)28-8-11-2-13(3-12(11)9-28)25-16-5-23-14-4-24-29(10-15(20)21)19(14)26-16/h4-7,11-13,15H,2-3,8-10H2,1H3,(H,25,26). The van der Waals surface area contributed by atoms with E-state index >= 15 is 0 Å². The Bertz CT molecular complexity index is 1030. The molecular formula is C19H22F2N8O. The maximum atomic E-state index is 12.7. The van der Waals surface area contributed by atoms with Crippen molar-refractivity contribution in [1.82, 2.24) is 29.7 Å². The lowest BCUT2D eigenvalue weighted by molar-refractivity contribution is 0.123. The number of alkyl halides is 2. The van der Waals surface area contributed by atoms with Crippen LogP contribution in [0.3, 0.4) is 0 Å². The SMILES string of the molecule is COc1cncc(N2CC3CC(Nc4cnc5cnn(CC(F)F)c5n4)CC3C2)n1. The van der Waals surface area contributed by atoms with Gasteiger partial charge in [0, 0.05) is 19.1 Å². The normalized spacial score (nSPS) is 23.3. The van der Waals surface area contributed by atoms with E-state index in [1.54, 1.807) is 25.7 Å². The molecule has 3 aromatic heterocycles. The molecule has 158 valence electrons. The largest absolute Gasteiger partial charge is 0.480 e. The van der Waals surface area contributed by atoms with Gasteiger partial charge in [-0.2, -0.15) is 10.1 Å². The molecule has 30 heavy (non-hydrogen) atoms. The van der Waals surface area contributed by atoms with Crippen LogP contribution in [0.5, 0.6) is 5.88 Å². The van der Waals surface area contributed by atoms with Crippen molar-refractivity contribution in [2.45, 2.75) is 31.9 Å². The molecule has 2 fully saturated rings. The highest BCUT2D eigenvalue weighted by atomic mass is 19.3. The lowest BCUT2D eigenvalue weighted by Crippen LogP contribution is -2.26. The molecule has 1 aliphatic heterocycles. The molecule has 1 N–H and O–H groups in total. The molecule has 0 bridgehead atoms. The van der Waals surface area contributed by atoms with Crippen LogP contribution in [0.15, 0.2) is 24.8 Å². The summed E-state index contributed by atoms with van der Waals surface area (Å²) in [6, 6.07) is 0.275. The Kier molecular flexibility index (Phi) is 4.80. The first-order valence-corrected chi connectivity index (χ1v) is 9.93. The van der Waals surface area contributed by atoms with Crippen LogP contribution in [0.1, 0.15) is 12.8 Å². The Labute approximate surface area is 171 Å². The van der Waals surface area contributed by atoms with Gasteiger partial charge in [-0.25, -0.2) is 23.4 Å². The quantitative estimate of drug-likeness (QED) is 0.654. The molecule has 9 nitrogen and oxygen atoms in total. The minimum absolute atomic E-state index is 0.275. The van der Waals surface area contributed by atoms with Crippen molar-refractivity contribution in [3.05, 3.63) is 24.8 Å². The van der Waals surface area contributed by atoms with E-state index < -0.39 is 13.0 Å². The van der Waals surface area contributed by atoms with Crippen LogP contribution < -0.4 is 15.0 Å². The Hall–Kier alpha value is -3.11. The molecule has 4 heterocycles. The topological polar surface area (TPSA) is 93.9 Å². The first-order valence-electron chi connectivity index (χ1n) is 9.93. The first-order chi connectivity index (χ1) is 14.6. The fourth-order valence-corrected chi connectivity index (χ4v) is 4.59. The zero-order chi connectivity index (χ0) is 20.7. The van der Waals surface area contributed by atoms with Crippen LogP contribution in [0.4, 0.5) is 20.4 Å². The number of methoxy groups -OCH3 is 1. The average Bonchev–Trinajstić information content (AvgIpc) is 3.41. The minimum atomic E-state index is -2.49. The van der Waals surface area contributed by atoms with Crippen LogP contribution in [0.25, 0.3) is 11.2 Å². The number of rotatable bonds is 6. The number of hydrogen-bond donors (Lipinski definition) is 1. The number of nitrogens with one attached hydrogen (secondary N) is 1. The van der Waals surface area contributed by atoms with Crippen molar-refractivity contribution in [2.75, 3.05) is 30.4 Å². The summed E-state index contributed by atoms with van der Waals surface area (Å²) in [5, 5.41) is 7.40. The summed E-state index contributed by atoms with van der Waals surface area (Å²) in [6.07, 6.45) is 6.01. The van der Waals surface area contributed by atoms with E-state index in [2.05, 4.69) is 35.3 Å². The molecule has 1 saturated carbocycles. The zero-order valence-corrected chi connectivity index (χ0v) is 16.4. The Balaban J connectivity index is 1.24. The Morgan fingerprint density at radius 3 is 2.67 bits per heavy atom. The smallest absolute Gasteiger partial charge is 0.258 e. The highest BCUT2D eigenvalue weighted by molar-refractivity contribution is 5.71. The summed E-state index contributed by atoms with van der Waals surface area (Å²) in [5.41, 5.74) is 0.890. The van der Waals surface area contributed by atoms with E-state index in [1.807, 2.05) is 0 Å². The number of aromatic nitrogens is 6. The highest BCUT2D eigenvalue weighted by Crippen LogP contribution is 2.40. The summed E-state index contributed by atoms with van der Waals surface area (Å²) in [6.45, 7) is 1.37. The first kappa shape index (κ1) is 18.9. The fourth-order valence-electron chi connectivity index (χ4n) is 4.59. The summed E-state index contributed by atoms with van der Waals surface area (Å²) in [4.78, 5) is 19.7. The number of ether oxygens (including phenoxy) is 1. The molecule has 0 radical (unpaired) electrons. The molecule has 5 rings (SSSR count). The molecule has 1 aliphatic carbocycles. The number of fused-ring (bicyclic) bond motifs is 2. The maximum Gasteiger partial charge on any atom is 0.258 e. The summed E-state index contributed by atoms with van der Waals surface area (Å²) in [5.74, 6) is 3.06. The van der Waals surface area contributed by atoms with Crippen molar-refractivity contribution in [3.8, 4) is 5.88 Å². The van der Waals surface area contributed by atoms with Crippen molar-refractivity contribution in [1.29, 1.82) is 0 Å². The second kappa shape index (κ2) is 7.62. The number of hydrogen-bond acceptors (Lipinski definition) is 8. The predicted molar refractivity (Wildman–Crippen MR) is 106 cm³/mol. The van der Waals surface area contributed by atoms with Gasteiger partial charge in [0.1, 0.15) is 17.9 Å². The zero-order valence-electron chi connectivity index (χ0n) is 16.4. The summed E-state index contributed by atoms with van der Waals surface area (Å²) >= 11 is 0. The van der Waals surface area contributed by atoms with Gasteiger partial charge < -0.3 is 15.0 Å². The summed E-state index contributed by atoms with van der Waals surface area (Å²) < 4.78 is 31.9. The van der Waals surface area contributed by atoms with Gasteiger partial charge in [-0.3, -0.25) is 4.98 Å². The van der Waals surface area contributed by atoms with Crippen molar-refractivity contribution < 1.29 is 13.5 Å². The molecular weight excluding hydrogens is 394 g/mol.